The molecule has 0 saturated carbocycles. The highest BCUT2D eigenvalue weighted by molar-refractivity contribution is 8.00. The minimum absolute atomic E-state index is 0.00473. The number of amides is 1. The standard InChI is InChI=1S/C25H30Cl2N2O3S/c1-25(2,3)19-13-17(24(31)32)5-7-22(19)33-15-23(30)28-18-8-10-29(11-9-18)14-16-4-6-20(26)21(27)12-16/h4-7,12-13,18H,8-11,14-15H2,1-3H3,(H,28,30)(H,31,32). The van der Waals surface area contributed by atoms with Crippen LogP contribution in [0.2, 0.25) is 10.0 Å². The van der Waals surface area contributed by atoms with E-state index in [0.29, 0.717) is 15.8 Å². The molecule has 5 nitrogen and oxygen atoms in total. The molecule has 0 atom stereocenters. The predicted octanol–water partition coefficient (Wildman–Crippen LogP) is 5.86. The average Bonchev–Trinajstić information content (AvgIpc) is 2.75. The van der Waals surface area contributed by atoms with Crippen LogP contribution in [0, 0.1) is 0 Å². The number of thioether (sulfide) groups is 1. The summed E-state index contributed by atoms with van der Waals surface area (Å²) in [6.45, 7) is 8.76. The highest BCUT2D eigenvalue weighted by atomic mass is 35.5. The molecule has 0 aliphatic carbocycles. The lowest BCUT2D eigenvalue weighted by atomic mass is 9.86. The van der Waals surface area contributed by atoms with Gasteiger partial charge in [-0.1, -0.05) is 50.0 Å². The maximum atomic E-state index is 12.6. The van der Waals surface area contributed by atoms with Crippen molar-refractivity contribution in [3.05, 3.63) is 63.1 Å². The van der Waals surface area contributed by atoms with E-state index in [4.69, 9.17) is 23.2 Å². The molecule has 33 heavy (non-hydrogen) atoms. The van der Waals surface area contributed by atoms with Crippen molar-refractivity contribution in [1.29, 1.82) is 0 Å². The van der Waals surface area contributed by atoms with Crippen molar-refractivity contribution in [3.8, 4) is 0 Å². The molecule has 1 amide bonds. The molecule has 0 aromatic heterocycles. The molecule has 1 fully saturated rings. The number of hydrogen-bond donors (Lipinski definition) is 2. The topological polar surface area (TPSA) is 69.6 Å². The summed E-state index contributed by atoms with van der Waals surface area (Å²) in [5.41, 5.74) is 2.12. The van der Waals surface area contributed by atoms with Crippen molar-refractivity contribution in [2.75, 3.05) is 18.8 Å². The second-order valence-corrected chi connectivity index (χ2v) is 11.3. The first-order chi connectivity index (χ1) is 15.5. The summed E-state index contributed by atoms with van der Waals surface area (Å²) in [6, 6.07) is 11.0. The molecule has 0 bridgehead atoms. The zero-order valence-corrected chi connectivity index (χ0v) is 21.5. The smallest absolute Gasteiger partial charge is 0.335 e. The van der Waals surface area contributed by atoms with Gasteiger partial charge in [0.15, 0.2) is 0 Å². The normalized spacial score (nSPS) is 15.4. The SMILES string of the molecule is CC(C)(C)c1cc(C(=O)O)ccc1SCC(=O)NC1CCN(Cc2ccc(Cl)c(Cl)c2)CC1. The molecule has 1 aliphatic heterocycles. The van der Waals surface area contributed by atoms with Crippen LogP contribution in [0.3, 0.4) is 0 Å². The first-order valence-electron chi connectivity index (χ1n) is 11.0. The molecule has 2 aromatic carbocycles. The van der Waals surface area contributed by atoms with Gasteiger partial charge in [0.05, 0.1) is 21.4 Å². The molecule has 1 saturated heterocycles. The summed E-state index contributed by atoms with van der Waals surface area (Å²) >= 11 is 13.6. The quantitative estimate of drug-likeness (QED) is 0.458. The fraction of sp³-hybridized carbons (Fsp3) is 0.440. The molecule has 0 radical (unpaired) electrons. The van der Waals surface area contributed by atoms with Gasteiger partial charge in [-0.05, 0) is 59.7 Å². The molecule has 2 aromatic rings. The van der Waals surface area contributed by atoms with E-state index in [0.717, 1.165) is 48.5 Å². The summed E-state index contributed by atoms with van der Waals surface area (Å²) in [4.78, 5) is 27.2. The molecule has 3 rings (SSSR count). The summed E-state index contributed by atoms with van der Waals surface area (Å²) < 4.78 is 0. The Labute approximate surface area is 209 Å². The highest BCUT2D eigenvalue weighted by Crippen LogP contribution is 2.33. The maximum absolute atomic E-state index is 12.6. The van der Waals surface area contributed by atoms with Crippen LogP contribution in [-0.4, -0.2) is 46.8 Å². The van der Waals surface area contributed by atoms with Crippen molar-refractivity contribution in [2.45, 2.75) is 56.5 Å². The third-order valence-electron chi connectivity index (χ3n) is 5.74. The first kappa shape index (κ1) is 25.9. The lowest BCUT2D eigenvalue weighted by Crippen LogP contribution is -2.44. The van der Waals surface area contributed by atoms with Crippen molar-refractivity contribution >= 4 is 46.8 Å². The number of rotatable bonds is 7. The number of likely N-dealkylation sites (tertiary alicyclic amines) is 1. The molecule has 8 heteroatoms. The van der Waals surface area contributed by atoms with E-state index in [-0.39, 0.29) is 22.9 Å². The van der Waals surface area contributed by atoms with E-state index >= 15 is 0 Å². The molecule has 2 N–H and O–H groups in total. The van der Waals surface area contributed by atoms with Gasteiger partial charge in [0.2, 0.25) is 5.91 Å². The molecular formula is C25H30Cl2N2O3S. The van der Waals surface area contributed by atoms with Gasteiger partial charge in [-0.25, -0.2) is 4.79 Å². The number of nitrogens with zero attached hydrogens (tertiary/aromatic N) is 1. The van der Waals surface area contributed by atoms with E-state index in [1.807, 2.05) is 45.0 Å². The van der Waals surface area contributed by atoms with Crippen LogP contribution in [0.5, 0.6) is 0 Å². The number of carbonyl (C=O) groups is 2. The Morgan fingerprint density at radius 1 is 1.09 bits per heavy atom. The van der Waals surface area contributed by atoms with Gasteiger partial charge in [-0.3, -0.25) is 9.69 Å². The van der Waals surface area contributed by atoms with Crippen molar-refractivity contribution in [1.82, 2.24) is 10.2 Å². The minimum atomic E-state index is -0.944. The number of carboxylic acids is 1. The van der Waals surface area contributed by atoms with Crippen LogP contribution in [0.1, 0.15) is 55.1 Å². The van der Waals surface area contributed by atoms with E-state index in [1.54, 1.807) is 12.1 Å². The molecule has 0 spiro atoms. The largest absolute Gasteiger partial charge is 0.478 e. The van der Waals surface area contributed by atoms with Crippen LogP contribution in [0.15, 0.2) is 41.3 Å². The van der Waals surface area contributed by atoms with Crippen LogP contribution in [-0.2, 0) is 16.8 Å². The van der Waals surface area contributed by atoms with Gasteiger partial charge in [0.25, 0.3) is 0 Å². The maximum Gasteiger partial charge on any atom is 0.335 e. The average molecular weight is 509 g/mol. The fourth-order valence-corrected chi connectivity index (χ4v) is 5.29. The van der Waals surface area contributed by atoms with Gasteiger partial charge < -0.3 is 10.4 Å². The van der Waals surface area contributed by atoms with Crippen molar-refractivity contribution < 1.29 is 14.7 Å². The second-order valence-electron chi connectivity index (χ2n) is 9.42. The Balaban J connectivity index is 1.49. The molecule has 0 unspecified atom stereocenters. The summed E-state index contributed by atoms with van der Waals surface area (Å²) in [5, 5.41) is 13.6. The van der Waals surface area contributed by atoms with Gasteiger partial charge in [-0.15, -0.1) is 11.8 Å². The zero-order chi connectivity index (χ0) is 24.2. The van der Waals surface area contributed by atoms with E-state index < -0.39 is 5.97 Å². The fourth-order valence-electron chi connectivity index (χ4n) is 3.92. The number of piperidine rings is 1. The van der Waals surface area contributed by atoms with Gasteiger partial charge in [0.1, 0.15) is 0 Å². The van der Waals surface area contributed by atoms with Gasteiger partial charge in [0, 0.05) is 30.6 Å². The Morgan fingerprint density at radius 3 is 2.39 bits per heavy atom. The van der Waals surface area contributed by atoms with Crippen LogP contribution >= 0.6 is 35.0 Å². The Morgan fingerprint density at radius 2 is 1.79 bits per heavy atom. The third kappa shape index (κ3) is 7.38. The summed E-state index contributed by atoms with van der Waals surface area (Å²) in [7, 11) is 0. The number of carbonyl (C=O) groups excluding carboxylic acids is 1. The summed E-state index contributed by atoms with van der Waals surface area (Å²) in [5.74, 6) is -0.635. The Kier molecular flexibility index (Phi) is 8.73. The Bertz CT molecular complexity index is 1020. The highest BCUT2D eigenvalue weighted by Gasteiger charge is 2.23. The minimum Gasteiger partial charge on any atom is -0.478 e. The number of hydrogen-bond acceptors (Lipinski definition) is 4. The number of halogens is 2. The third-order valence-corrected chi connectivity index (χ3v) is 7.55. The van der Waals surface area contributed by atoms with E-state index in [9.17, 15) is 14.7 Å². The number of benzene rings is 2. The monoisotopic (exact) mass is 508 g/mol. The van der Waals surface area contributed by atoms with Crippen LogP contribution < -0.4 is 5.32 Å². The predicted molar refractivity (Wildman–Crippen MR) is 136 cm³/mol. The molecule has 178 valence electrons. The zero-order valence-electron chi connectivity index (χ0n) is 19.2. The Hall–Kier alpha value is -1.73. The van der Waals surface area contributed by atoms with Crippen molar-refractivity contribution in [2.24, 2.45) is 0 Å². The first-order valence-corrected chi connectivity index (χ1v) is 12.7. The number of nitrogens with one attached hydrogen (secondary N) is 1. The lowest BCUT2D eigenvalue weighted by Gasteiger charge is -2.32. The molecule has 1 aliphatic rings. The molecule has 1 heterocycles. The van der Waals surface area contributed by atoms with Crippen molar-refractivity contribution in [3.63, 3.8) is 0 Å². The van der Waals surface area contributed by atoms with E-state index in [1.165, 1.54) is 11.8 Å². The molecular weight excluding hydrogens is 479 g/mol. The van der Waals surface area contributed by atoms with Gasteiger partial charge in [-0.2, -0.15) is 0 Å². The second kappa shape index (κ2) is 11.1. The van der Waals surface area contributed by atoms with Crippen LogP contribution in [0.25, 0.3) is 0 Å². The number of carboxylic acid groups (broad SMARTS) is 1. The lowest BCUT2D eigenvalue weighted by molar-refractivity contribution is -0.119. The van der Waals surface area contributed by atoms with Gasteiger partial charge >= 0.3 is 5.97 Å². The summed E-state index contributed by atoms with van der Waals surface area (Å²) in [6.07, 6.45) is 1.80. The van der Waals surface area contributed by atoms with E-state index in [2.05, 4.69) is 10.2 Å². The number of aromatic carboxylic acids is 1. The van der Waals surface area contributed by atoms with Crippen LogP contribution in [0.4, 0.5) is 0 Å².